The first-order valence-electron chi connectivity index (χ1n) is 8.72. The molecule has 0 bridgehead atoms. The van der Waals surface area contributed by atoms with Gasteiger partial charge in [-0.05, 0) is 42.8 Å². The van der Waals surface area contributed by atoms with Gasteiger partial charge >= 0.3 is 0 Å². The lowest BCUT2D eigenvalue weighted by Gasteiger charge is -2.21. The highest BCUT2D eigenvalue weighted by Crippen LogP contribution is 2.21. The van der Waals surface area contributed by atoms with Crippen molar-refractivity contribution < 1.29 is 9.32 Å². The number of hydrogen-bond donors (Lipinski definition) is 1. The van der Waals surface area contributed by atoms with Crippen LogP contribution in [0.3, 0.4) is 0 Å². The van der Waals surface area contributed by atoms with Crippen LogP contribution in [0, 0.1) is 0 Å². The predicted molar refractivity (Wildman–Crippen MR) is 105 cm³/mol. The number of rotatable bonds is 7. The van der Waals surface area contributed by atoms with E-state index in [-0.39, 0.29) is 5.91 Å². The van der Waals surface area contributed by atoms with Crippen molar-refractivity contribution in [3.63, 3.8) is 0 Å². The second-order valence-electron chi connectivity index (χ2n) is 6.06. The fourth-order valence-electron chi connectivity index (χ4n) is 2.70. The van der Waals surface area contributed by atoms with E-state index in [1.54, 1.807) is 24.0 Å². The molecule has 3 aromatic rings. The van der Waals surface area contributed by atoms with E-state index in [4.69, 9.17) is 16.1 Å². The number of benzene rings is 2. The van der Waals surface area contributed by atoms with Crippen molar-refractivity contribution in [1.29, 1.82) is 0 Å². The van der Waals surface area contributed by atoms with Gasteiger partial charge in [-0.25, -0.2) is 0 Å². The maximum absolute atomic E-state index is 11.7. The number of hydrogen-bond acceptors (Lipinski definition) is 5. The van der Waals surface area contributed by atoms with E-state index in [1.807, 2.05) is 43.3 Å². The van der Waals surface area contributed by atoms with Gasteiger partial charge in [0, 0.05) is 36.3 Å². The summed E-state index contributed by atoms with van der Waals surface area (Å²) in [5.41, 5.74) is 2.81. The zero-order valence-electron chi connectivity index (χ0n) is 15.3. The Balaban J connectivity index is 1.69. The van der Waals surface area contributed by atoms with Gasteiger partial charge in [-0.15, -0.1) is 0 Å². The van der Waals surface area contributed by atoms with Gasteiger partial charge in [-0.1, -0.05) is 35.0 Å². The first-order valence-corrected chi connectivity index (χ1v) is 9.10. The van der Waals surface area contributed by atoms with Gasteiger partial charge < -0.3 is 14.7 Å². The Bertz CT molecular complexity index is 908. The quantitative estimate of drug-likeness (QED) is 0.654. The third-order valence-electron chi connectivity index (χ3n) is 4.21. The van der Waals surface area contributed by atoms with Crippen LogP contribution in [0.25, 0.3) is 11.4 Å². The summed E-state index contributed by atoms with van der Waals surface area (Å²) in [4.78, 5) is 17.9. The summed E-state index contributed by atoms with van der Waals surface area (Å²) in [7, 11) is 0. The molecule has 2 aromatic carbocycles. The third-order valence-corrected chi connectivity index (χ3v) is 4.46. The zero-order chi connectivity index (χ0) is 19.2. The van der Waals surface area contributed by atoms with E-state index in [1.165, 1.54) is 0 Å². The molecule has 0 unspecified atom stereocenters. The third kappa shape index (κ3) is 4.86. The number of aromatic nitrogens is 2. The number of anilines is 1. The molecule has 7 heteroatoms. The van der Waals surface area contributed by atoms with Crippen LogP contribution in [-0.4, -0.2) is 27.5 Å². The van der Waals surface area contributed by atoms with E-state index >= 15 is 0 Å². The fraction of sp³-hybridized carbons (Fsp3) is 0.250. The summed E-state index contributed by atoms with van der Waals surface area (Å²) in [6.07, 6.45) is 0. The Kier molecular flexibility index (Phi) is 6.08. The topological polar surface area (TPSA) is 71.3 Å². The van der Waals surface area contributed by atoms with Crippen LogP contribution in [-0.2, 0) is 17.9 Å². The Labute approximate surface area is 163 Å². The SMILES string of the molecule is CCN(Cc1ccccc1NCc1nc(-c2ccc(Cl)cc2)no1)C(C)=O. The molecular weight excluding hydrogens is 364 g/mol. The van der Waals surface area contributed by atoms with Gasteiger partial charge in [0.25, 0.3) is 0 Å². The van der Waals surface area contributed by atoms with Crippen LogP contribution in [0.2, 0.25) is 5.02 Å². The molecular formula is C20H21ClN4O2. The summed E-state index contributed by atoms with van der Waals surface area (Å²) in [5, 5.41) is 7.99. The molecule has 1 N–H and O–H groups in total. The van der Waals surface area contributed by atoms with Crippen LogP contribution in [0.15, 0.2) is 53.1 Å². The summed E-state index contributed by atoms with van der Waals surface area (Å²) < 4.78 is 5.33. The maximum atomic E-state index is 11.7. The van der Waals surface area contributed by atoms with Gasteiger partial charge in [-0.2, -0.15) is 4.98 Å². The monoisotopic (exact) mass is 384 g/mol. The Morgan fingerprint density at radius 1 is 1.19 bits per heavy atom. The number of carbonyl (C=O) groups excluding carboxylic acids is 1. The number of halogens is 1. The molecule has 0 aliphatic rings. The molecule has 6 nitrogen and oxygen atoms in total. The average Bonchev–Trinajstić information content (AvgIpc) is 3.14. The fourth-order valence-corrected chi connectivity index (χ4v) is 2.82. The lowest BCUT2D eigenvalue weighted by molar-refractivity contribution is -0.129. The Morgan fingerprint density at radius 3 is 2.63 bits per heavy atom. The van der Waals surface area contributed by atoms with E-state index in [0.29, 0.717) is 36.4 Å². The lowest BCUT2D eigenvalue weighted by Crippen LogP contribution is -2.28. The molecule has 0 aliphatic heterocycles. The molecule has 0 radical (unpaired) electrons. The second kappa shape index (κ2) is 8.68. The van der Waals surface area contributed by atoms with Crippen molar-refractivity contribution in [2.75, 3.05) is 11.9 Å². The highest BCUT2D eigenvalue weighted by Gasteiger charge is 2.12. The van der Waals surface area contributed by atoms with Gasteiger partial charge in [0.1, 0.15) is 0 Å². The summed E-state index contributed by atoms with van der Waals surface area (Å²) in [6.45, 7) is 5.15. The van der Waals surface area contributed by atoms with Crippen molar-refractivity contribution in [1.82, 2.24) is 15.0 Å². The van der Waals surface area contributed by atoms with Gasteiger partial charge in [0.15, 0.2) is 0 Å². The van der Waals surface area contributed by atoms with Crippen LogP contribution < -0.4 is 5.32 Å². The first kappa shape index (κ1) is 18.9. The van der Waals surface area contributed by atoms with Gasteiger partial charge in [0.05, 0.1) is 6.54 Å². The van der Waals surface area contributed by atoms with E-state index in [0.717, 1.165) is 16.8 Å². The molecule has 140 valence electrons. The van der Waals surface area contributed by atoms with Gasteiger partial charge in [0.2, 0.25) is 17.6 Å². The minimum atomic E-state index is 0.0526. The van der Waals surface area contributed by atoms with Crippen LogP contribution in [0.5, 0.6) is 0 Å². The number of amides is 1. The number of nitrogens with one attached hydrogen (secondary N) is 1. The van der Waals surface area contributed by atoms with Crippen LogP contribution in [0.4, 0.5) is 5.69 Å². The lowest BCUT2D eigenvalue weighted by atomic mass is 10.1. The van der Waals surface area contributed by atoms with Crippen molar-refractivity contribution in [2.45, 2.75) is 26.9 Å². The minimum absolute atomic E-state index is 0.0526. The number of carbonyl (C=O) groups is 1. The Morgan fingerprint density at radius 2 is 1.93 bits per heavy atom. The summed E-state index contributed by atoms with van der Waals surface area (Å²) >= 11 is 5.90. The van der Waals surface area contributed by atoms with Crippen molar-refractivity contribution in [2.24, 2.45) is 0 Å². The highest BCUT2D eigenvalue weighted by atomic mass is 35.5. The molecule has 27 heavy (non-hydrogen) atoms. The predicted octanol–water partition coefficient (Wildman–Crippen LogP) is 4.37. The first-order chi connectivity index (χ1) is 13.1. The van der Waals surface area contributed by atoms with E-state index < -0.39 is 0 Å². The molecule has 0 fully saturated rings. The molecule has 0 saturated carbocycles. The van der Waals surface area contributed by atoms with Gasteiger partial charge in [-0.3, -0.25) is 4.79 Å². The molecule has 0 spiro atoms. The minimum Gasteiger partial charge on any atom is -0.376 e. The largest absolute Gasteiger partial charge is 0.376 e. The highest BCUT2D eigenvalue weighted by molar-refractivity contribution is 6.30. The summed E-state index contributed by atoms with van der Waals surface area (Å²) in [5.74, 6) is 1.05. The maximum Gasteiger partial charge on any atom is 0.246 e. The molecule has 1 heterocycles. The van der Waals surface area contributed by atoms with E-state index in [2.05, 4.69) is 15.5 Å². The standard InChI is InChI=1S/C20H21ClN4O2/c1-3-25(14(2)26)13-16-6-4-5-7-18(16)22-12-19-23-20(24-27-19)15-8-10-17(21)11-9-15/h4-11,22H,3,12-13H2,1-2H3. The molecule has 0 atom stereocenters. The van der Waals surface area contributed by atoms with E-state index in [9.17, 15) is 4.79 Å². The van der Waals surface area contributed by atoms with Crippen molar-refractivity contribution in [3.05, 3.63) is 65.0 Å². The molecule has 1 aromatic heterocycles. The molecule has 3 rings (SSSR count). The van der Waals surface area contributed by atoms with Crippen molar-refractivity contribution in [3.8, 4) is 11.4 Å². The molecule has 0 aliphatic carbocycles. The Hall–Kier alpha value is -2.86. The summed E-state index contributed by atoms with van der Waals surface area (Å²) in [6, 6.07) is 15.1. The molecule has 0 saturated heterocycles. The number of para-hydroxylation sites is 1. The normalized spacial score (nSPS) is 10.6. The number of nitrogens with zero attached hydrogens (tertiary/aromatic N) is 3. The molecule has 1 amide bonds. The average molecular weight is 385 g/mol. The zero-order valence-corrected chi connectivity index (χ0v) is 16.0. The smallest absolute Gasteiger partial charge is 0.246 e. The van der Waals surface area contributed by atoms with Crippen molar-refractivity contribution >= 4 is 23.2 Å². The van der Waals surface area contributed by atoms with Crippen LogP contribution in [0.1, 0.15) is 25.3 Å². The van der Waals surface area contributed by atoms with Crippen LogP contribution >= 0.6 is 11.6 Å². The second-order valence-corrected chi connectivity index (χ2v) is 6.50.